The molecule has 0 radical (unpaired) electrons. The summed E-state index contributed by atoms with van der Waals surface area (Å²) in [6.45, 7) is 4.02. The van der Waals surface area contributed by atoms with Crippen molar-refractivity contribution in [3.8, 4) is 9.88 Å². The number of nitrogens with zero attached hydrogens (tertiary/aromatic N) is 1. The van der Waals surface area contributed by atoms with Crippen LogP contribution in [0.3, 0.4) is 0 Å². The highest BCUT2D eigenvalue weighted by atomic mass is 35.5. The first-order chi connectivity index (χ1) is 10.1. The minimum atomic E-state index is -0.0966. The van der Waals surface area contributed by atoms with Crippen molar-refractivity contribution >= 4 is 40.2 Å². The van der Waals surface area contributed by atoms with Crippen LogP contribution in [0.1, 0.15) is 23.8 Å². The second-order valence-corrected chi connectivity index (χ2v) is 7.76. The average molecular weight is 342 g/mol. The van der Waals surface area contributed by atoms with Gasteiger partial charge < -0.3 is 10.6 Å². The Morgan fingerprint density at radius 3 is 3.10 bits per heavy atom. The molecule has 1 amide bonds. The summed E-state index contributed by atoms with van der Waals surface area (Å²) in [5, 5.41) is 9.03. The maximum absolute atomic E-state index is 12.3. The molecule has 7 heteroatoms. The molecule has 1 aliphatic heterocycles. The van der Waals surface area contributed by atoms with Crippen molar-refractivity contribution in [3.05, 3.63) is 27.5 Å². The summed E-state index contributed by atoms with van der Waals surface area (Å²) in [5.74, 6) is 0.394. The van der Waals surface area contributed by atoms with Crippen LogP contribution in [0, 0.1) is 5.92 Å². The molecule has 0 saturated carbocycles. The van der Waals surface area contributed by atoms with Gasteiger partial charge in [0.25, 0.3) is 5.91 Å². The van der Waals surface area contributed by atoms with Gasteiger partial charge in [-0.3, -0.25) is 4.79 Å². The number of thiophene rings is 1. The molecule has 1 fully saturated rings. The van der Waals surface area contributed by atoms with Crippen molar-refractivity contribution in [2.24, 2.45) is 5.92 Å². The Hall–Kier alpha value is -0.950. The van der Waals surface area contributed by atoms with Crippen molar-refractivity contribution in [1.82, 2.24) is 15.6 Å². The van der Waals surface area contributed by atoms with Gasteiger partial charge in [0.1, 0.15) is 10.7 Å². The highest BCUT2D eigenvalue weighted by Gasteiger charge is 2.24. The zero-order valence-corrected chi connectivity index (χ0v) is 13.9. The number of rotatable bonds is 3. The summed E-state index contributed by atoms with van der Waals surface area (Å²) < 4.78 is 0.730. The first-order valence-electron chi connectivity index (χ1n) is 6.86. The predicted molar refractivity (Wildman–Crippen MR) is 88.3 cm³/mol. The summed E-state index contributed by atoms with van der Waals surface area (Å²) in [6.07, 6.45) is 1.08. The molecule has 2 atom stereocenters. The summed E-state index contributed by atoms with van der Waals surface area (Å²) in [6, 6.07) is 3.95. The maximum atomic E-state index is 12.3. The fraction of sp³-hybridized carbons (Fsp3) is 0.429. The second-order valence-electron chi connectivity index (χ2n) is 5.19. The van der Waals surface area contributed by atoms with Gasteiger partial charge >= 0.3 is 0 Å². The SMILES string of the molecule is CC1CCNCC1NC(=O)c1csc(-c2ccc(Cl)s2)n1. The van der Waals surface area contributed by atoms with E-state index in [-0.39, 0.29) is 11.9 Å². The van der Waals surface area contributed by atoms with Crippen LogP contribution in [0.2, 0.25) is 4.34 Å². The highest BCUT2D eigenvalue weighted by molar-refractivity contribution is 7.23. The van der Waals surface area contributed by atoms with Crippen molar-refractivity contribution in [2.75, 3.05) is 13.1 Å². The molecule has 2 N–H and O–H groups in total. The monoisotopic (exact) mass is 341 g/mol. The van der Waals surface area contributed by atoms with Gasteiger partial charge in [0, 0.05) is 18.0 Å². The van der Waals surface area contributed by atoms with E-state index >= 15 is 0 Å². The molecule has 0 aliphatic carbocycles. The molecule has 2 aromatic rings. The molecule has 1 saturated heterocycles. The van der Waals surface area contributed by atoms with Crippen molar-refractivity contribution in [2.45, 2.75) is 19.4 Å². The number of amides is 1. The largest absolute Gasteiger partial charge is 0.346 e. The molecule has 3 rings (SSSR count). The third-order valence-electron chi connectivity index (χ3n) is 3.66. The molecular weight excluding hydrogens is 326 g/mol. The summed E-state index contributed by atoms with van der Waals surface area (Å²) in [5.41, 5.74) is 0.484. The normalized spacial score (nSPS) is 22.2. The molecule has 0 aromatic carbocycles. The van der Waals surface area contributed by atoms with Crippen molar-refractivity contribution in [3.63, 3.8) is 0 Å². The van der Waals surface area contributed by atoms with Crippen LogP contribution in [-0.4, -0.2) is 30.0 Å². The molecule has 3 heterocycles. The van der Waals surface area contributed by atoms with Crippen LogP contribution >= 0.6 is 34.3 Å². The standard InChI is InChI=1S/C14H16ClN3OS2/c1-8-4-5-16-6-9(8)17-13(19)10-7-20-14(18-10)11-2-3-12(15)21-11/h2-3,7-9,16H,4-6H2,1H3,(H,17,19). The zero-order valence-electron chi connectivity index (χ0n) is 11.6. The first kappa shape index (κ1) is 15.0. The van der Waals surface area contributed by atoms with Gasteiger partial charge in [0.05, 0.1) is 9.21 Å². The van der Waals surface area contributed by atoms with E-state index in [1.54, 1.807) is 5.38 Å². The van der Waals surface area contributed by atoms with Crippen molar-refractivity contribution in [1.29, 1.82) is 0 Å². The Kier molecular flexibility index (Phi) is 4.59. The van der Waals surface area contributed by atoms with E-state index in [0.29, 0.717) is 11.6 Å². The number of carbonyl (C=O) groups excluding carboxylic acids is 1. The molecular formula is C14H16ClN3OS2. The first-order valence-corrected chi connectivity index (χ1v) is 8.93. The maximum Gasteiger partial charge on any atom is 0.271 e. The van der Waals surface area contributed by atoms with E-state index in [1.165, 1.54) is 22.7 Å². The Bertz CT molecular complexity index is 640. The van der Waals surface area contributed by atoms with Gasteiger partial charge in [-0.2, -0.15) is 0 Å². The highest BCUT2D eigenvalue weighted by Crippen LogP contribution is 2.32. The van der Waals surface area contributed by atoms with E-state index < -0.39 is 0 Å². The molecule has 4 nitrogen and oxygen atoms in total. The lowest BCUT2D eigenvalue weighted by molar-refractivity contribution is 0.0911. The van der Waals surface area contributed by atoms with Crippen LogP contribution in [0.4, 0.5) is 0 Å². The fourth-order valence-corrected chi connectivity index (χ4v) is 4.26. The van der Waals surface area contributed by atoms with E-state index in [4.69, 9.17) is 11.6 Å². The van der Waals surface area contributed by atoms with Gasteiger partial charge in [0.2, 0.25) is 0 Å². The number of carbonyl (C=O) groups is 1. The second kappa shape index (κ2) is 6.44. The number of thiazole rings is 1. The Balaban J connectivity index is 1.69. The lowest BCUT2D eigenvalue weighted by Gasteiger charge is -2.29. The Morgan fingerprint density at radius 1 is 1.52 bits per heavy atom. The number of hydrogen-bond acceptors (Lipinski definition) is 5. The van der Waals surface area contributed by atoms with E-state index in [0.717, 1.165) is 33.7 Å². The van der Waals surface area contributed by atoms with Gasteiger partial charge in [-0.15, -0.1) is 22.7 Å². The Labute approximate surface area is 136 Å². The van der Waals surface area contributed by atoms with E-state index in [1.807, 2.05) is 12.1 Å². The lowest BCUT2D eigenvalue weighted by atomic mass is 9.95. The summed E-state index contributed by atoms with van der Waals surface area (Å²) in [4.78, 5) is 17.7. The summed E-state index contributed by atoms with van der Waals surface area (Å²) >= 11 is 8.88. The molecule has 21 heavy (non-hydrogen) atoms. The summed E-state index contributed by atoms with van der Waals surface area (Å²) in [7, 11) is 0. The number of aromatic nitrogens is 1. The van der Waals surface area contributed by atoms with Crippen molar-refractivity contribution < 1.29 is 4.79 Å². The van der Waals surface area contributed by atoms with E-state index in [9.17, 15) is 4.79 Å². The topological polar surface area (TPSA) is 54.0 Å². The van der Waals surface area contributed by atoms with Gasteiger partial charge in [-0.1, -0.05) is 18.5 Å². The Morgan fingerprint density at radius 2 is 2.38 bits per heavy atom. The quantitative estimate of drug-likeness (QED) is 0.901. The van der Waals surface area contributed by atoms with Crippen LogP contribution in [0.5, 0.6) is 0 Å². The fourth-order valence-electron chi connectivity index (χ4n) is 2.35. The minimum Gasteiger partial charge on any atom is -0.346 e. The lowest BCUT2D eigenvalue weighted by Crippen LogP contribution is -2.50. The average Bonchev–Trinajstić information content (AvgIpc) is 3.10. The van der Waals surface area contributed by atoms with Crippen LogP contribution in [0.25, 0.3) is 9.88 Å². The zero-order chi connectivity index (χ0) is 14.8. The van der Waals surface area contributed by atoms with Gasteiger partial charge in [-0.05, 0) is 31.0 Å². The van der Waals surface area contributed by atoms with Crippen LogP contribution in [-0.2, 0) is 0 Å². The van der Waals surface area contributed by atoms with Crippen LogP contribution < -0.4 is 10.6 Å². The smallest absolute Gasteiger partial charge is 0.271 e. The molecule has 0 bridgehead atoms. The number of nitrogens with one attached hydrogen (secondary N) is 2. The third kappa shape index (κ3) is 3.45. The van der Waals surface area contributed by atoms with Crippen LogP contribution in [0.15, 0.2) is 17.5 Å². The number of hydrogen-bond donors (Lipinski definition) is 2. The van der Waals surface area contributed by atoms with E-state index in [2.05, 4.69) is 22.5 Å². The third-order valence-corrected chi connectivity index (χ3v) is 5.91. The molecule has 2 aromatic heterocycles. The molecule has 0 spiro atoms. The minimum absolute atomic E-state index is 0.0966. The number of halogens is 1. The number of piperidine rings is 1. The molecule has 2 unspecified atom stereocenters. The molecule has 112 valence electrons. The van der Waals surface area contributed by atoms with Gasteiger partial charge in [0.15, 0.2) is 0 Å². The predicted octanol–water partition coefficient (Wildman–Crippen LogP) is 3.25. The van der Waals surface area contributed by atoms with Gasteiger partial charge in [-0.25, -0.2) is 4.98 Å². The molecule has 1 aliphatic rings.